The van der Waals surface area contributed by atoms with Crippen molar-refractivity contribution in [3.63, 3.8) is 0 Å². The molecule has 0 aromatic rings. The molecule has 1 aliphatic carbocycles. The largest absolute Gasteiger partial charge is 0.468 e. The highest BCUT2D eigenvalue weighted by atomic mass is 16.5. The van der Waals surface area contributed by atoms with Gasteiger partial charge >= 0.3 is 5.97 Å². The molecule has 2 atom stereocenters. The van der Waals surface area contributed by atoms with Gasteiger partial charge in [-0.25, -0.2) is 0 Å². The maximum absolute atomic E-state index is 12.1. The van der Waals surface area contributed by atoms with Gasteiger partial charge in [0.15, 0.2) is 0 Å². The summed E-state index contributed by atoms with van der Waals surface area (Å²) in [6.07, 6.45) is 4.21. The van der Waals surface area contributed by atoms with E-state index >= 15 is 0 Å². The van der Waals surface area contributed by atoms with Gasteiger partial charge in [-0.2, -0.15) is 0 Å². The van der Waals surface area contributed by atoms with E-state index in [1.54, 1.807) is 0 Å². The van der Waals surface area contributed by atoms with Crippen LogP contribution in [0.3, 0.4) is 0 Å². The summed E-state index contributed by atoms with van der Waals surface area (Å²) in [4.78, 5) is 14.5. The van der Waals surface area contributed by atoms with Crippen molar-refractivity contribution in [3.8, 4) is 0 Å². The van der Waals surface area contributed by atoms with Crippen LogP contribution in [0.1, 0.15) is 39.5 Å². The van der Waals surface area contributed by atoms with Gasteiger partial charge in [0, 0.05) is 25.2 Å². The van der Waals surface area contributed by atoms with E-state index in [9.17, 15) is 4.79 Å². The van der Waals surface area contributed by atoms with Crippen LogP contribution in [0.15, 0.2) is 0 Å². The van der Waals surface area contributed by atoms with E-state index in [4.69, 9.17) is 9.47 Å². The molecule has 116 valence electrons. The first kappa shape index (κ1) is 15.7. The van der Waals surface area contributed by atoms with Gasteiger partial charge in [0.05, 0.1) is 20.3 Å². The molecular weight excluding hydrogens is 256 g/mol. The Labute approximate surface area is 122 Å². The summed E-state index contributed by atoms with van der Waals surface area (Å²) in [5.74, 6) is -0.147. The summed E-state index contributed by atoms with van der Waals surface area (Å²) in [6.45, 7) is 7.63. The van der Waals surface area contributed by atoms with E-state index < -0.39 is 5.54 Å². The second-order valence-electron chi connectivity index (χ2n) is 6.17. The van der Waals surface area contributed by atoms with Gasteiger partial charge in [-0.05, 0) is 32.6 Å². The Balaban J connectivity index is 1.91. The number of hydrogen-bond donors (Lipinski definition) is 1. The van der Waals surface area contributed by atoms with Gasteiger partial charge in [-0.3, -0.25) is 15.0 Å². The number of morpholine rings is 1. The highest BCUT2D eigenvalue weighted by Gasteiger charge is 2.39. The summed E-state index contributed by atoms with van der Waals surface area (Å²) in [5, 5.41) is 3.46. The maximum atomic E-state index is 12.1. The van der Waals surface area contributed by atoms with E-state index in [0.717, 1.165) is 39.1 Å². The molecule has 1 saturated heterocycles. The Morgan fingerprint density at radius 1 is 1.50 bits per heavy atom. The molecule has 2 rings (SSSR count). The van der Waals surface area contributed by atoms with Crippen molar-refractivity contribution in [1.82, 2.24) is 10.2 Å². The van der Waals surface area contributed by atoms with Crippen LogP contribution in [0.2, 0.25) is 0 Å². The smallest absolute Gasteiger partial charge is 0.325 e. The Morgan fingerprint density at radius 3 is 2.85 bits per heavy atom. The highest BCUT2D eigenvalue weighted by Crippen LogP contribution is 2.25. The molecule has 5 nitrogen and oxygen atoms in total. The van der Waals surface area contributed by atoms with Crippen LogP contribution in [0, 0.1) is 0 Å². The number of methoxy groups -OCH3 is 1. The second kappa shape index (κ2) is 6.87. The zero-order chi connectivity index (χ0) is 14.6. The molecule has 1 saturated carbocycles. The molecule has 0 aromatic heterocycles. The number of ether oxygens (including phenoxy) is 2. The topological polar surface area (TPSA) is 50.8 Å². The Morgan fingerprint density at radius 2 is 2.25 bits per heavy atom. The quantitative estimate of drug-likeness (QED) is 0.711. The van der Waals surface area contributed by atoms with E-state index in [2.05, 4.69) is 17.1 Å². The molecule has 1 aliphatic heterocycles. The normalized spacial score (nSPS) is 27.1. The highest BCUT2D eigenvalue weighted by molar-refractivity contribution is 5.80. The van der Waals surface area contributed by atoms with E-state index in [0.29, 0.717) is 12.1 Å². The van der Waals surface area contributed by atoms with Crippen molar-refractivity contribution in [2.75, 3.05) is 33.4 Å². The van der Waals surface area contributed by atoms with Gasteiger partial charge in [0.2, 0.25) is 0 Å². The van der Waals surface area contributed by atoms with Gasteiger partial charge in [0.25, 0.3) is 0 Å². The summed E-state index contributed by atoms with van der Waals surface area (Å²) < 4.78 is 10.5. The lowest BCUT2D eigenvalue weighted by Gasteiger charge is -2.37. The van der Waals surface area contributed by atoms with Crippen molar-refractivity contribution in [2.24, 2.45) is 0 Å². The van der Waals surface area contributed by atoms with Crippen LogP contribution >= 0.6 is 0 Å². The van der Waals surface area contributed by atoms with Crippen LogP contribution < -0.4 is 5.32 Å². The lowest BCUT2D eigenvalue weighted by atomic mass is 9.96. The first-order valence-corrected chi connectivity index (χ1v) is 7.77. The fraction of sp³-hybridized carbons (Fsp3) is 0.933. The number of nitrogens with zero attached hydrogens (tertiary/aromatic N) is 1. The number of esters is 1. The summed E-state index contributed by atoms with van der Waals surface area (Å²) in [6, 6.07) is 0.970. The molecule has 0 aromatic carbocycles. The average molecular weight is 284 g/mol. The standard InChI is InChI=1S/C15H28N2O3/c1-4-13-11-20-10-9-17(13)8-7-15(2,14(18)19-3)16-12-5-6-12/h12-13,16H,4-11H2,1-3H3. The van der Waals surface area contributed by atoms with Crippen molar-refractivity contribution >= 4 is 5.97 Å². The lowest BCUT2D eigenvalue weighted by molar-refractivity contribution is -0.148. The van der Waals surface area contributed by atoms with Crippen molar-refractivity contribution in [1.29, 1.82) is 0 Å². The Kier molecular flexibility index (Phi) is 5.41. The number of nitrogens with one attached hydrogen (secondary N) is 1. The maximum Gasteiger partial charge on any atom is 0.325 e. The minimum absolute atomic E-state index is 0.147. The van der Waals surface area contributed by atoms with E-state index in [-0.39, 0.29) is 5.97 Å². The summed E-state index contributed by atoms with van der Waals surface area (Å²) in [5.41, 5.74) is -0.563. The third kappa shape index (κ3) is 3.93. The minimum Gasteiger partial charge on any atom is -0.468 e. The molecule has 0 radical (unpaired) electrons. The molecule has 2 fully saturated rings. The predicted octanol–water partition coefficient (Wildman–Crippen LogP) is 1.17. The molecule has 1 heterocycles. The van der Waals surface area contributed by atoms with Gasteiger partial charge in [-0.1, -0.05) is 6.92 Å². The van der Waals surface area contributed by atoms with Crippen LogP contribution in [0.4, 0.5) is 0 Å². The first-order chi connectivity index (χ1) is 9.59. The van der Waals surface area contributed by atoms with Crippen molar-refractivity contribution in [3.05, 3.63) is 0 Å². The molecule has 20 heavy (non-hydrogen) atoms. The van der Waals surface area contributed by atoms with Gasteiger partial charge in [0.1, 0.15) is 5.54 Å². The summed E-state index contributed by atoms with van der Waals surface area (Å²) in [7, 11) is 1.47. The summed E-state index contributed by atoms with van der Waals surface area (Å²) >= 11 is 0. The number of hydrogen-bond acceptors (Lipinski definition) is 5. The van der Waals surface area contributed by atoms with Crippen LogP contribution in [0.5, 0.6) is 0 Å². The van der Waals surface area contributed by atoms with Crippen molar-refractivity contribution < 1.29 is 14.3 Å². The molecule has 0 bridgehead atoms. The zero-order valence-corrected chi connectivity index (χ0v) is 13.0. The third-order valence-electron chi connectivity index (χ3n) is 4.46. The fourth-order valence-corrected chi connectivity index (χ4v) is 2.86. The lowest BCUT2D eigenvalue weighted by Crippen LogP contribution is -2.54. The number of carbonyl (C=O) groups excluding carboxylic acids is 1. The fourth-order valence-electron chi connectivity index (χ4n) is 2.86. The zero-order valence-electron chi connectivity index (χ0n) is 13.0. The van der Waals surface area contributed by atoms with Gasteiger partial charge < -0.3 is 9.47 Å². The van der Waals surface area contributed by atoms with Crippen LogP contribution in [0.25, 0.3) is 0 Å². The molecule has 1 N–H and O–H groups in total. The molecule has 2 unspecified atom stereocenters. The Hall–Kier alpha value is -0.650. The van der Waals surface area contributed by atoms with E-state index in [1.807, 2.05) is 6.92 Å². The second-order valence-corrected chi connectivity index (χ2v) is 6.17. The van der Waals surface area contributed by atoms with Crippen LogP contribution in [-0.4, -0.2) is 61.9 Å². The third-order valence-corrected chi connectivity index (χ3v) is 4.46. The van der Waals surface area contributed by atoms with Crippen molar-refractivity contribution in [2.45, 2.75) is 57.2 Å². The molecule has 5 heteroatoms. The van der Waals surface area contributed by atoms with Crippen LogP contribution in [-0.2, 0) is 14.3 Å². The number of carbonyl (C=O) groups is 1. The molecule has 2 aliphatic rings. The minimum atomic E-state index is -0.563. The molecule has 0 spiro atoms. The first-order valence-electron chi connectivity index (χ1n) is 7.77. The average Bonchev–Trinajstić information content (AvgIpc) is 3.28. The molecular formula is C15H28N2O3. The van der Waals surface area contributed by atoms with E-state index in [1.165, 1.54) is 20.0 Å². The van der Waals surface area contributed by atoms with Gasteiger partial charge in [-0.15, -0.1) is 0 Å². The Bertz CT molecular complexity index is 333. The molecule has 0 amide bonds. The predicted molar refractivity (Wildman–Crippen MR) is 77.7 cm³/mol. The monoisotopic (exact) mass is 284 g/mol. The number of rotatable bonds is 7. The SMILES string of the molecule is CCC1COCCN1CCC(C)(NC1CC1)C(=O)OC.